The molecule has 0 amide bonds. The maximum Gasteiger partial charge on any atom is 0.335 e. The molecule has 0 saturated heterocycles. The number of terminal acetylenes is 1. The quantitative estimate of drug-likeness (QED) is 0.170. The van der Waals surface area contributed by atoms with Gasteiger partial charge in [0.1, 0.15) is 0 Å². The highest BCUT2D eigenvalue weighted by atomic mass is 35.5. The number of rotatable bonds is 7. The molecule has 5 aromatic rings. The van der Waals surface area contributed by atoms with Crippen LogP contribution >= 0.6 is 11.6 Å². The van der Waals surface area contributed by atoms with E-state index >= 15 is 0 Å². The van der Waals surface area contributed by atoms with Crippen molar-refractivity contribution in [1.29, 1.82) is 0 Å². The van der Waals surface area contributed by atoms with Gasteiger partial charge in [0.05, 0.1) is 23.7 Å². The van der Waals surface area contributed by atoms with E-state index in [0.29, 0.717) is 21.8 Å². The van der Waals surface area contributed by atoms with Gasteiger partial charge in [0, 0.05) is 36.1 Å². The Balaban J connectivity index is 0.000000399. The molecule has 230 valence electrons. The maximum absolute atomic E-state index is 12.8. The van der Waals surface area contributed by atoms with Gasteiger partial charge in [-0.1, -0.05) is 47.9 Å². The first kappa shape index (κ1) is 32.7. The summed E-state index contributed by atoms with van der Waals surface area (Å²) in [6.45, 7) is 0. The fourth-order valence-corrected chi connectivity index (χ4v) is 4.96. The molecule has 0 radical (unpaired) electrons. The number of aryl methyl sites for hydroxylation is 2. The van der Waals surface area contributed by atoms with E-state index in [4.69, 9.17) is 38.5 Å². The number of nitrogens with zero attached hydrogens (tertiary/aromatic N) is 3. The molecule has 0 aliphatic heterocycles. The first-order valence-electron chi connectivity index (χ1n) is 13.3. The Morgan fingerprint density at radius 3 is 2.11 bits per heavy atom. The predicted molar refractivity (Wildman–Crippen MR) is 167 cm³/mol. The van der Waals surface area contributed by atoms with Crippen LogP contribution in [0.25, 0.3) is 22.0 Å². The fourth-order valence-electron chi connectivity index (χ4n) is 4.83. The van der Waals surface area contributed by atoms with Crippen LogP contribution in [0.5, 0.6) is 0 Å². The van der Waals surface area contributed by atoms with Crippen LogP contribution in [0, 0.1) is 12.3 Å². The minimum atomic E-state index is -2.27. The topological polar surface area (TPSA) is 175 Å². The maximum atomic E-state index is 12.8. The number of aliphatic hydroxyl groups is 3. The Labute approximate surface area is 261 Å². The number of carboxylic acids is 2. The zero-order valence-corrected chi connectivity index (χ0v) is 24.8. The van der Waals surface area contributed by atoms with Crippen molar-refractivity contribution in [1.82, 2.24) is 14.1 Å². The molecule has 0 spiro atoms. The molecule has 11 nitrogen and oxygen atoms in total. The lowest BCUT2D eigenvalue weighted by molar-refractivity contribution is -0.165. The Morgan fingerprint density at radius 1 is 0.933 bits per heavy atom. The van der Waals surface area contributed by atoms with E-state index in [0.717, 1.165) is 27.6 Å². The lowest BCUT2D eigenvalue weighted by atomic mass is 9.82. The van der Waals surface area contributed by atoms with E-state index < -0.39 is 29.7 Å². The van der Waals surface area contributed by atoms with Gasteiger partial charge in [-0.05, 0) is 58.7 Å². The molecule has 12 heteroatoms. The van der Waals surface area contributed by atoms with E-state index in [9.17, 15) is 19.5 Å². The molecule has 45 heavy (non-hydrogen) atoms. The van der Waals surface area contributed by atoms with E-state index in [1.807, 2.05) is 49.5 Å². The second-order valence-corrected chi connectivity index (χ2v) is 10.5. The molecule has 0 aliphatic rings. The number of carbonyl (C=O) groups is 2. The van der Waals surface area contributed by atoms with Gasteiger partial charge in [-0.15, -0.1) is 6.42 Å². The van der Waals surface area contributed by atoms with Crippen molar-refractivity contribution in [2.45, 2.75) is 17.8 Å². The summed E-state index contributed by atoms with van der Waals surface area (Å²) in [5.74, 6) is -0.883. The molecule has 0 aliphatic carbocycles. The highest BCUT2D eigenvalue weighted by molar-refractivity contribution is 6.30. The fraction of sp³-hybridized carbons (Fsp3) is 0.152. The van der Waals surface area contributed by atoms with Crippen molar-refractivity contribution < 1.29 is 35.1 Å². The molecule has 3 atom stereocenters. The second-order valence-electron chi connectivity index (χ2n) is 10.1. The van der Waals surface area contributed by atoms with E-state index in [-0.39, 0.29) is 5.56 Å². The summed E-state index contributed by atoms with van der Waals surface area (Å²) in [6, 6.07) is 21.9. The molecule has 0 fully saturated rings. The Kier molecular flexibility index (Phi) is 9.56. The Bertz CT molecular complexity index is 1980. The summed E-state index contributed by atoms with van der Waals surface area (Å²) in [5, 5.41) is 46.2. The minimum absolute atomic E-state index is 0.133. The normalized spacial score (nSPS) is 13.5. The van der Waals surface area contributed by atoms with Crippen molar-refractivity contribution in [3.8, 4) is 23.5 Å². The number of hydrogen-bond donors (Lipinski definition) is 5. The van der Waals surface area contributed by atoms with Gasteiger partial charge in [0.15, 0.2) is 17.8 Å². The van der Waals surface area contributed by atoms with Gasteiger partial charge in [-0.3, -0.25) is 4.79 Å². The number of hydrogen-bond acceptors (Lipinski definition) is 7. The van der Waals surface area contributed by atoms with Crippen LogP contribution in [0.15, 0.2) is 90.1 Å². The highest BCUT2D eigenvalue weighted by Crippen LogP contribution is 2.39. The average molecular weight is 630 g/mol. The Morgan fingerprint density at radius 2 is 1.56 bits per heavy atom. The number of benzene rings is 3. The average Bonchev–Trinajstić information content (AvgIpc) is 3.48. The molecule has 5 rings (SSSR count). The summed E-state index contributed by atoms with van der Waals surface area (Å²) in [7, 11) is 3.57. The molecule has 0 saturated carbocycles. The third kappa shape index (κ3) is 6.50. The van der Waals surface area contributed by atoms with Gasteiger partial charge < -0.3 is 34.7 Å². The molecule has 2 aromatic heterocycles. The zero-order chi connectivity index (χ0) is 33.1. The number of fused-ring (bicyclic) bond motifs is 1. The number of pyridine rings is 1. The predicted octanol–water partition coefficient (Wildman–Crippen LogP) is 2.74. The van der Waals surface area contributed by atoms with Gasteiger partial charge in [-0.2, -0.15) is 0 Å². The van der Waals surface area contributed by atoms with Gasteiger partial charge in [-0.25, -0.2) is 14.6 Å². The summed E-state index contributed by atoms with van der Waals surface area (Å²) in [4.78, 5) is 36.6. The molecular weight excluding hydrogens is 602 g/mol. The van der Waals surface area contributed by atoms with Crippen LogP contribution in [0.3, 0.4) is 0 Å². The number of aliphatic carboxylic acids is 2. The molecule has 3 aromatic carbocycles. The number of halogens is 1. The second kappa shape index (κ2) is 13.2. The largest absolute Gasteiger partial charge is 0.479 e. The number of aromatic nitrogens is 3. The standard InChI is InChI=1S/C29H22ClN3O2.C4H6O6/c1-4-19-6-5-7-20(14-19)24-16-28(34)33(3)26-13-10-22(15-25(24)26)29(35,27-17-31-18-32(27)2)21-8-11-23(30)12-9-21;5-1(3(7)8)2(6)4(9)10/h1,5-18,35H,2-3H3;1-2,5-6H,(H,7,8)(H,9,10)/t;1-,2-/m.1/s1. The van der Waals surface area contributed by atoms with Crippen molar-refractivity contribution >= 4 is 34.4 Å². The van der Waals surface area contributed by atoms with Crippen molar-refractivity contribution in [2.24, 2.45) is 14.1 Å². The number of aliphatic hydroxyl groups excluding tert-OH is 2. The lowest BCUT2D eigenvalue weighted by Crippen LogP contribution is -2.39. The molecular formula is C33H28ClN3O8. The van der Waals surface area contributed by atoms with E-state index in [1.54, 1.807) is 59.0 Å². The van der Waals surface area contributed by atoms with Crippen molar-refractivity contribution in [3.63, 3.8) is 0 Å². The first-order chi connectivity index (χ1) is 21.3. The van der Waals surface area contributed by atoms with Gasteiger partial charge in [0.2, 0.25) is 0 Å². The molecule has 5 N–H and O–H groups in total. The SMILES string of the molecule is C#Cc1cccc(-c2cc(=O)n(C)c3ccc(C(O)(c4ccc(Cl)cc4)c4cncn4C)cc23)c1.O=C(O)[C@H](O)[C@@H](O)C(=O)O. The van der Waals surface area contributed by atoms with E-state index in [1.165, 1.54) is 0 Å². The van der Waals surface area contributed by atoms with Crippen LogP contribution in [0.1, 0.15) is 22.4 Å². The summed E-state index contributed by atoms with van der Waals surface area (Å²) in [6.07, 6.45) is 4.39. The molecule has 0 bridgehead atoms. The minimum Gasteiger partial charge on any atom is -0.479 e. The van der Waals surface area contributed by atoms with Crippen LogP contribution < -0.4 is 5.56 Å². The Hall–Kier alpha value is -5.25. The highest BCUT2D eigenvalue weighted by Gasteiger charge is 2.37. The number of imidazole rings is 1. The summed E-state index contributed by atoms with van der Waals surface area (Å²) >= 11 is 6.14. The third-order valence-electron chi connectivity index (χ3n) is 7.26. The van der Waals surface area contributed by atoms with Gasteiger partial charge in [0.25, 0.3) is 5.56 Å². The van der Waals surface area contributed by atoms with Crippen molar-refractivity contribution in [2.75, 3.05) is 0 Å². The van der Waals surface area contributed by atoms with Crippen molar-refractivity contribution in [3.05, 3.63) is 123 Å². The number of carboxylic acid groups (broad SMARTS) is 2. The monoisotopic (exact) mass is 629 g/mol. The van der Waals surface area contributed by atoms with Gasteiger partial charge >= 0.3 is 11.9 Å². The molecule has 1 unspecified atom stereocenters. The van der Waals surface area contributed by atoms with Crippen LogP contribution in [0.2, 0.25) is 5.02 Å². The third-order valence-corrected chi connectivity index (χ3v) is 7.51. The van der Waals surface area contributed by atoms with Crippen LogP contribution in [-0.4, -0.2) is 63.8 Å². The van der Waals surface area contributed by atoms with Crippen LogP contribution in [-0.2, 0) is 29.3 Å². The smallest absolute Gasteiger partial charge is 0.335 e. The first-order valence-corrected chi connectivity index (χ1v) is 13.7. The lowest BCUT2D eigenvalue weighted by Gasteiger charge is -2.30. The zero-order valence-electron chi connectivity index (χ0n) is 24.0. The molecule has 2 heterocycles. The van der Waals surface area contributed by atoms with Crippen LogP contribution in [0.4, 0.5) is 0 Å². The van der Waals surface area contributed by atoms with E-state index in [2.05, 4.69) is 10.9 Å². The summed E-state index contributed by atoms with van der Waals surface area (Å²) in [5.41, 5.74) is 3.25. The summed E-state index contributed by atoms with van der Waals surface area (Å²) < 4.78 is 3.38.